The Morgan fingerprint density at radius 3 is 2.53 bits per heavy atom. The monoisotopic (exact) mass is 467 g/mol. The molecular weight excluding hydrogens is 446 g/mol. The predicted molar refractivity (Wildman–Crippen MR) is 123 cm³/mol. The Balaban J connectivity index is 1.82. The number of hydrogen-bond acceptors (Lipinski definition) is 6. The quantitative estimate of drug-likeness (QED) is 0.478. The summed E-state index contributed by atoms with van der Waals surface area (Å²) in [5, 5.41) is 7.74. The summed E-state index contributed by atoms with van der Waals surface area (Å²) in [6.45, 7) is 4.97. The van der Waals surface area contributed by atoms with Crippen molar-refractivity contribution in [1.29, 1.82) is 0 Å². The van der Waals surface area contributed by atoms with Crippen LogP contribution in [0.3, 0.4) is 0 Å². The Morgan fingerprint density at radius 2 is 1.87 bits per heavy atom. The molecule has 0 aliphatic carbocycles. The summed E-state index contributed by atoms with van der Waals surface area (Å²) in [6.07, 6.45) is 0.182. The Labute approximate surface area is 189 Å². The zero-order valence-electron chi connectivity index (χ0n) is 16.6. The summed E-state index contributed by atoms with van der Waals surface area (Å²) >= 11 is 12.7. The van der Waals surface area contributed by atoms with Gasteiger partial charge in [-0.05, 0) is 62.3 Å². The van der Waals surface area contributed by atoms with E-state index in [2.05, 4.69) is 10.6 Å². The molecule has 2 heterocycles. The molecule has 0 saturated heterocycles. The maximum Gasteiger partial charge on any atom is 0.410 e. The third kappa shape index (κ3) is 5.21. The Kier molecular flexibility index (Phi) is 7.52. The highest BCUT2D eigenvalue weighted by molar-refractivity contribution is 7.80. The van der Waals surface area contributed by atoms with Gasteiger partial charge in [0.2, 0.25) is 0 Å². The van der Waals surface area contributed by atoms with Crippen molar-refractivity contribution in [3.8, 4) is 0 Å². The van der Waals surface area contributed by atoms with Crippen LogP contribution in [0.25, 0.3) is 0 Å². The number of anilines is 2. The van der Waals surface area contributed by atoms with Crippen LogP contribution in [0.4, 0.5) is 15.5 Å². The number of halogens is 1. The van der Waals surface area contributed by atoms with E-state index in [0.29, 0.717) is 46.8 Å². The number of benzene rings is 1. The van der Waals surface area contributed by atoms with Crippen LogP contribution in [-0.2, 0) is 22.4 Å². The van der Waals surface area contributed by atoms with E-state index in [-0.39, 0.29) is 12.7 Å². The molecule has 2 N–H and O–H groups in total. The molecular formula is C20H22ClN3O4S2. The Morgan fingerprint density at radius 1 is 1.17 bits per heavy atom. The van der Waals surface area contributed by atoms with Crippen LogP contribution in [-0.4, -0.2) is 41.8 Å². The summed E-state index contributed by atoms with van der Waals surface area (Å²) in [5.41, 5.74) is 2.13. The molecule has 0 spiro atoms. The van der Waals surface area contributed by atoms with Crippen LogP contribution >= 0.6 is 35.2 Å². The standard InChI is InChI=1S/C20H22ClN3O4S2/c1-3-27-18(25)16-14-9-10-24(20(26)28-4-2)11-15(14)30-17(16)23-19(29)22-13-7-5-12(21)6-8-13/h5-8H,3-4,9-11H2,1-2H3,(H2,22,23,29). The van der Waals surface area contributed by atoms with E-state index in [1.165, 1.54) is 11.3 Å². The molecule has 30 heavy (non-hydrogen) atoms. The summed E-state index contributed by atoms with van der Waals surface area (Å²) in [6, 6.07) is 7.12. The van der Waals surface area contributed by atoms with E-state index < -0.39 is 5.97 Å². The molecule has 160 valence electrons. The zero-order valence-corrected chi connectivity index (χ0v) is 19.0. The number of fused-ring (bicyclic) bond motifs is 1. The maximum atomic E-state index is 12.7. The van der Waals surface area contributed by atoms with Gasteiger partial charge in [0, 0.05) is 22.1 Å². The van der Waals surface area contributed by atoms with E-state index >= 15 is 0 Å². The first-order valence-corrected chi connectivity index (χ1v) is 11.1. The van der Waals surface area contributed by atoms with Gasteiger partial charge in [-0.25, -0.2) is 9.59 Å². The summed E-state index contributed by atoms with van der Waals surface area (Å²) in [5.74, 6) is -0.406. The van der Waals surface area contributed by atoms with Crippen molar-refractivity contribution in [2.24, 2.45) is 0 Å². The minimum Gasteiger partial charge on any atom is -0.462 e. The molecule has 3 rings (SSSR count). The van der Waals surface area contributed by atoms with Gasteiger partial charge >= 0.3 is 12.1 Å². The van der Waals surface area contributed by atoms with Crippen LogP contribution in [0.1, 0.15) is 34.6 Å². The van der Waals surface area contributed by atoms with E-state index in [9.17, 15) is 9.59 Å². The zero-order chi connectivity index (χ0) is 21.7. The Hall–Kier alpha value is -2.36. The number of esters is 1. The number of rotatable bonds is 5. The fraction of sp³-hybridized carbons (Fsp3) is 0.350. The molecule has 1 aliphatic heterocycles. The smallest absolute Gasteiger partial charge is 0.410 e. The van der Waals surface area contributed by atoms with E-state index in [1.54, 1.807) is 43.0 Å². The molecule has 1 amide bonds. The first kappa shape index (κ1) is 22.3. The molecule has 7 nitrogen and oxygen atoms in total. The maximum absolute atomic E-state index is 12.7. The van der Waals surface area contributed by atoms with Gasteiger partial charge in [-0.2, -0.15) is 0 Å². The molecule has 0 bridgehead atoms. The molecule has 0 radical (unpaired) electrons. The lowest BCUT2D eigenvalue weighted by Gasteiger charge is -2.26. The van der Waals surface area contributed by atoms with Gasteiger partial charge in [-0.1, -0.05) is 11.6 Å². The predicted octanol–water partition coefficient (Wildman–Crippen LogP) is 4.90. The molecule has 10 heteroatoms. The molecule has 1 aromatic carbocycles. The highest BCUT2D eigenvalue weighted by Gasteiger charge is 2.31. The van der Waals surface area contributed by atoms with Crippen molar-refractivity contribution in [3.05, 3.63) is 45.3 Å². The molecule has 0 saturated carbocycles. The van der Waals surface area contributed by atoms with E-state index in [4.69, 9.17) is 33.3 Å². The SMILES string of the molecule is CCOC(=O)c1c(NC(=S)Nc2ccc(Cl)cc2)sc2c1CCN(C(=O)OCC)C2. The lowest BCUT2D eigenvalue weighted by molar-refractivity contribution is 0.0526. The largest absolute Gasteiger partial charge is 0.462 e. The first-order valence-electron chi connectivity index (χ1n) is 9.49. The van der Waals surface area contributed by atoms with Gasteiger partial charge < -0.3 is 25.0 Å². The molecule has 1 aromatic heterocycles. The van der Waals surface area contributed by atoms with Crippen LogP contribution in [0.5, 0.6) is 0 Å². The second-order valence-corrected chi connectivity index (χ2v) is 8.33. The molecule has 0 unspecified atom stereocenters. The van der Waals surface area contributed by atoms with Gasteiger partial charge in [0.05, 0.1) is 25.3 Å². The third-order valence-corrected chi connectivity index (χ3v) is 5.98. The van der Waals surface area contributed by atoms with Crippen LogP contribution in [0, 0.1) is 0 Å². The lowest BCUT2D eigenvalue weighted by atomic mass is 10.0. The normalized spacial score (nSPS) is 12.7. The molecule has 0 fully saturated rings. The minimum absolute atomic E-state index is 0.269. The van der Waals surface area contributed by atoms with Crippen molar-refractivity contribution in [2.75, 3.05) is 30.4 Å². The number of thiocarbonyl (C=S) groups is 1. The van der Waals surface area contributed by atoms with Crippen molar-refractivity contribution < 1.29 is 19.1 Å². The first-order chi connectivity index (χ1) is 14.4. The van der Waals surface area contributed by atoms with Crippen LogP contribution < -0.4 is 10.6 Å². The number of carbonyl (C=O) groups excluding carboxylic acids is 2. The van der Waals surface area contributed by atoms with Crippen molar-refractivity contribution in [2.45, 2.75) is 26.8 Å². The number of ether oxygens (including phenoxy) is 2. The highest BCUT2D eigenvalue weighted by atomic mass is 35.5. The highest BCUT2D eigenvalue weighted by Crippen LogP contribution is 2.38. The third-order valence-electron chi connectivity index (χ3n) is 4.39. The van der Waals surface area contributed by atoms with Crippen LogP contribution in [0.15, 0.2) is 24.3 Å². The van der Waals surface area contributed by atoms with Crippen LogP contribution in [0.2, 0.25) is 5.02 Å². The lowest BCUT2D eigenvalue weighted by Crippen LogP contribution is -2.36. The van der Waals surface area contributed by atoms with Crippen molar-refractivity contribution >= 4 is 63.0 Å². The van der Waals surface area contributed by atoms with E-state index in [0.717, 1.165) is 16.1 Å². The van der Waals surface area contributed by atoms with Crippen molar-refractivity contribution in [1.82, 2.24) is 4.90 Å². The second-order valence-electron chi connectivity index (χ2n) is 6.38. The summed E-state index contributed by atoms with van der Waals surface area (Å²) in [7, 11) is 0. The average molecular weight is 468 g/mol. The van der Waals surface area contributed by atoms with E-state index in [1.807, 2.05) is 0 Å². The second kappa shape index (κ2) is 10.1. The van der Waals surface area contributed by atoms with Gasteiger partial charge in [0.15, 0.2) is 5.11 Å². The Bertz CT molecular complexity index is 946. The number of amides is 1. The summed E-state index contributed by atoms with van der Waals surface area (Å²) in [4.78, 5) is 27.3. The number of hydrogen-bond donors (Lipinski definition) is 2. The number of nitrogens with one attached hydrogen (secondary N) is 2. The fourth-order valence-corrected chi connectivity index (χ4v) is 4.75. The molecule has 1 aliphatic rings. The molecule has 0 atom stereocenters. The van der Waals surface area contributed by atoms with Gasteiger partial charge in [0.25, 0.3) is 0 Å². The topological polar surface area (TPSA) is 79.9 Å². The number of nitrogens with zero attached hydrogens (tertiary/aromatic N) is 1. The number of carbonyl (C=O) groups is 2. The number of thiophene rings is 1. The van der Waals surface area contributed by atoms with Crippen molar-refractivity contribution in [3.63, 3.8) is 0 Å². The van der Waals surface area contributed by atoms with Gasteiger partial charge in [0.1, 0.15) is 5.00 Å². The van der Waals surface area contributed by atoms with Gasteiger partial charge in [-0.3, -0.25) is 0 Å². The minimum atomic E-state index is -0.406. The fourth-order valence-electron chi connectivity index (χ4n) is 3.08. The summed E-state index contributed by atoms with van der Waals surface area (Å²) < 4.78 is 10.4. The molecule has 2 aromatic rings. The average Bonchev–Trinajstić information content (AvgIpc) is 3.06. The van der Waals surface area contributed by atoms with Gasteiger partial charge in [-0.15, -0.1) is 11.3 Å².